The standard InChI is InChI=1S/C28H32N6O/c1-18(2)26(29-3)28(35)34-14-4-5-25(34)27-31-16-24(33-27)22-12-8-20(9-13-22)19-6-10-21(11-7-19)23-15-30-17-32-23/h6-13,15-18,25-26,29H,4-5,14H2,1-3H3,(H,30,32)(H,31,33). The highest BCUT2D eigenvalue weighted by molar-refractivity contribution is 5.83. The molecular weight excluding hydrogens is 436 g/mol. The van der Waals surface area contributed by atoms with Gasteiger partial charge in [0.1, 0.15) is 5.82 Å². The molecule has 1 aliphatic heterocycles. The van der Waals surface area contributed by atoms with Gasteiger partial charge >= 0.3 is 0 Å². The molecule has 2 atom stereocenters. The number of carbonyl (C=O) groups excluding carboxylic acids is 1. The van der Waals surface area contributed by atoms with Crippen molar-refractivity contribution in [1.29, 1.82) is 0 Å². The van der Waals surface area contributed by atoms with E-state index in [4.69, 9.17) is 0 Å². The first-order chi connectivity index (χ1) is 17.0. The Labute approximate surface area is 206 Å². The molecular formula is C28H32N6O. The number of hydrogen-bond acceptors (Lipinski definition) is 4. The van der Waals surface area contributed by atoms with Crippen LogP contribution < -0.4 is 5.32 Å². The molecule has 0 saturated carbocycles. The van der Waals surface area contributed by atoms with E-state index in [9.17, 15) is 4.79 Å². The van der Waals surface area contributed by atoms with Gasteiger partial charge < -0.3 is 20.2 Å². The molecule has 35 heavy (non-hydrogen) atoms. The van der Waals surface area contributed by atoms with Gasteiger partial charge in [0.25, 0.3) is 0 Å². The number of likely N-dealkylation sites (N-methyl/N-ethyl adjacent to an activating group) is 1. The summed E-state index contributed by atoms with van der Waals surface area (Å²) in [6.07, 6.45) is 7.32. The van der Waals surface area contributed by atoms with Gasteiger partial charge in [-0.2, -0.15) is 0 Å². The van der Waals surface area contributed by atoms with Crippen LogP contribution >= 0.6 is 0 Å². The Morgan fingerprint density at radius 1 is 0.971 bits per heavy atom. The zero-order chi connectivity index (χ0) is 24.4. The van der Waals surface area contributed by atoms with Crippen LogP contribution in [-0.2, 0) is 4.79 Å². The third-order valence-corrected chi connectivity index (χ3v) is 6.91. The summed E-state index contributed by atoms with van der Waals surface area (Å²) < 4.78 is 0. The van der Waals surface area contributed by atoms with Crippen LogP contribution in [0.5, 0.6) is 0 Å². The van der Waals surface area contributed by atoms with E-state index in [2.05, 4.69) is 87.6 Å². The smallest absolute Gasteiger partial charge is 0.240 e. The molecule has 0 bridgehead atoms. The van der Waals surface area contributed by atoms with Crippen LogP contribution in [0.3, 0.4) is 0 Å². The predicted octanol–water partition coefficient (Wildman–Crippen LogP) is 5.04. The van der Waals surface area contributed by atoms with E-state index in [1.807, 2.05) is 24.3 Å². The van der Waals surface area contributed by atoms with Crippen LogP contribution in [0.25, 0.3) is 33.6 Å². The molecule has 0 spiro atoms. The molecule has 1 saturated heterocycles. The number of rotatable bonds is 7. The fourth-order valence-electron chi connectivity index (χ4n) is 4.99. The molecule has 7 nitrogen and oxygen atoms in total. The Kier molecular flexibility index (Phi) is 6.51. The first-order valence-corrected chi connectivity index (χ1v) is 12.3. The molecule has 5 rings (SSSR count). The van der Waals surface area contributed by atoms with Crippen molar-refractivity contribution in [2.75, 3.05) is 13.6 Å². The summed E-state index contributed by atoms with van der Waals surface area (Å²) in [6, 6.07) is 16.8. The van der Waals surface area contributed by atoms with Gasteiger partial charge in [-0.1, -0.05) is 62.4 Å². The molecule has 2 aromatic heterocycles. The lowest BCUT2D eigenvalue weighted by molar-refractivity contribution is -0.135. The molecule has 2 unspecified atom stereocenters. The van der Waals surface area contributed by atoms with E-state index in [-0.39, 0.29) is 23.9 Å². The number of nitrogens with zero attached hydrogens (tertiary/aromatic N) is 3. The van der Waals surface area contributed by atoms with Crippen molar-refractivity contribution in [2.45, 2.75) is 38.8 Å². The third-order valence-electron chi connectivity index (χ3n) is 6.91. The lowest BCUT2D eigenvalue weighted by Gasteiger charge is -2.29. The second-order valence-corrected chi connectivity index (χ2v) is 9.50. The van der Waals surface area contributed by atoms with Gasteiger partial charge in [0.05, 0.1) is 42.2 Å². The number of nitrogens with one attached hydrogen (secondary N) is 3. The maximum atomic E-state index is 13.2. The highest BCUT2D eigenvalue weighted by Crippen LogP contribution is 2.33. The van der Waals surface area contributed by atoms with Crippen molar-refractivity contribution >= 4 is 5.91 Å². The van der Waals surface area contributed by atoms with Gasteiger partial charge in [0.2, 0.25) is 5.91 Å². The van der Waals surface area contributed by atoms with Crippen molar-refractivity contribution in [3.8, 4) is 33.6 Å². The van der Waals surface area contributed by atoms with Crippen molar-refractivity contribution < 1.29 is 4.79 Å². The van der Waals surface area contributed by atoms with Gasteiger partial charge in [-0.15, -0.1) is 0 Å². The van der Waals surface area contributed by atoms with E-state index in [0.717, 1.165) is 58.9 Å². The molecule has 180 valence electrons. The van der Waals surface area contributed by atoms with Gasteiger partial charge in [0, 0.05) is 6.54 Å². The maximum absolute atomic E-state index is 13.2. The first-order valence-electron chi connectivity index (χ1n) is 12.3. The minimum atomic E-state index is -0.175. The number of aromatic amines is 2. The second kappa shape index (κ2) is 9.88. The van der Waals surface area contributed by atoms with E-state index in [1.54, 1.807) is 6.33 Å². The molecule has 3 heterocycles. The number of H-pyrrole nitrogens is 2. The Morgan fingerprint density at radius 3 is 2.17 bits per heavy atom. The third kappa shape index (κ3) is 4.64. The molecule has 4 aromatic rings. The monoisotopic (exact) mass is 468 g/mol. The predicted molar refractivity (Wildman–Crippen MR) is 138 cm³/mol. The summed E-state index contributed by atoms with van der Waals surface area (Å²) in [6.45, 7) is 4.93. The minimum absolute atomic E-state index is 0.00138. The fraction of sp³-hybridized carbons (Fsp3) is 0.321. The Morgan fingerprint density at radius 2 is 1.60 bits per heavy atom. The number of carbonyl (C=O) groups is 1. The largest absolute Gasteiger partial charge is 0.345 e. The lowest BCUT2D eigenvalue weighted by atomic mass is 10.0. The van der Waals surface area contributed by atoms with Crippen molar-refractivity contribution in [3.63, 3.8) is 0 Å². The summed E-state index contributed by atoms with van der Waals surface area (Å²) in [5.41, 5.74) is 6.48. The summed E-state index contributed by atoms with van der Waals surface area (Å²) in [5.74, 6) is 1.26. The van der Waals surface area contributed by atoms with Crippen LogP contribution in [0.2, 0.25) is 0 Å². The second-order valence-electron chi connectivity index (χ2n) is 9.50. The average molecular weight is 469 g/mol. The maximum Gasteiger partial charge on any atom is 0.240 e. The summed E-state index contributed by atoms with van der Waals surface area (Å²) in [7, 11) is 1.86. The number of likely N-dealkylation sites (tertiary alicyclic amines) is 1. The molecule has 1 amide bonds. The Bertz CT molecular complexity index is 1260. The number of amides is 1. The highest BCUT2D eigenvalue weighted by Gasteiger charge is 2.36. The van der Waals surface area contributed by atoms with Crippen LogP contribution in [0.4, 0.5) is 0 Å². The Hall–Kier alpha value is -3.71. The van der Waals surface area contributed by atoms with Crippen LogP contribution in [0.15, 0.2) is 67.3 Å². The summed E-state index contributed by atoms with van der Waals surface area (Å²) in [4.78, 5) is 30.5. The molecule has 0 radical (unpaired) electrons. The highest BCUT2D eigenvalue weighted by atomic mass is 16.2. The molecule has 1 aliphatic rings. The van der Waals surface area contributed by atoms with Crippen molar-refractivity contribution in [2.24, 2.45) is 5.92 Å². The first kappa shape index (κ1) is 23.1. The van der Waals surface area contributed by atoms with Crippen LogP contribution in [0, 0.1) is 5.92 Å². The van der Waals surface area contributed by atoms with E-state index in [0.29, 0.717) is 0 Å². The fourth-order valence-corrected chi connectivity index (χ4v) is 4.99. The number of imidazole rings is 2. The molecule has 3 N–H and O–H groups in total. The quantitative estimate of drug-likeness (QED) is 0.354. The summed E-state index contributed by atoms with van der Waals surface area (Å²) in [5, 5.41) is 3.18. The van der Waals surface area contributed by atoms with E-state index < -0.39 is 0 Å². The van der Waals surface area contributed by atoms with Gasteiger partial charge in [-0.05, 0) is 48.1 Å². The SMILES string of the molecule is CNC(C(=O)N1CCCC1c1ncc(-c2ccc(-c3ccc(-c4cnc[nH]4)cc3)cc2)[nH]1)C(C)C. The summed E-state index contributed by atoms with van der Waals surface area (Å²) >= 11 is 0. The molecule has 2 aromatic carbocycles. The average Bonchev–Trinajstić information content (AvgIpc) is 3.66. The zero-order valence-electron chi connectivity index (χ0n) is 20.5. The molecule has 7 heteroatoms. The molecule has 1 fully saturated rings. The minimum Gasteiger partial charge on any atom is -0.345 e. The molecule has 0 aliphatic carbocycles. The van der Waals surface area contributed by atoms with Crippen molar-refractivity contribution in [1.82, 2.24) is 30.2 Å². The van der Waals surface area contributed by atoms with E-state index >= 15 is 0 Å². The zero-order valence-corrected chi connectivity index (χ0v) is 20.5. The number of benzene rings is 2. The van der Waals surface area contributed by atoms with E-state index in [1.165, 1.54) is 0 Å². The Balaban J connectivity index is 1.31. The van der Waals surface area contributed by atoms with Crippen molar-refractivity contribution in [3.05, 3.63) is 73.1 Å². The van der Waals surface area contributed by atoms with Crippen LogP contribution in [-0.4, -0.2) is 50.4 Å². The topological polar surface area (TPSA) is 89.7 Å². The van der Waals surface area contributed by atoms with Gasteiger partial charge in [-0.3, -0.25) is 4.79 Å². The van der Waals surface area contributed by atoms with Gasteiger partial charge in [-0.25, -0.2) is 9.97 Å². The lowest BCUT2D eigenvalue weighted by Crippen LogP contribution is -2.47. The van der Waals surface area contributed by atoms with Crippen LogP contribution in [0.1, 0.15) is 38.6 Å². The number of aromatic nitrogens is 4. The normalized spacial score (nSPS) is 16.7. The van der Waals surface area contributed by atoms with Gasteiger partial charge in [0.15, 0.2) is 0 Å². The number of hydrogen-bond donors (Lipinski definition) is 3.